The Kier molecular flexibility index (Phi) is 5.98. The minimum Gasteiger partial charge on any atom is -0.395 e. The average molecular weight is 425 g/mol. The largest absolute Gasteiger partial charge is 0.395 e. The number of hydrogen-bond acceptors (Lipinski definition) is 5. The van der Waals surface area contributed by atoms with Gasteiger partial charge in [0.15, 0.2) is 5.82 Å². The second-order valence-electron chi connectivity index (χ2n) is 3.82. The molecule has 12 heteroatoms. The summed E-state index contributed by atoms with van der Waals surface area (Å²) in [6, 6.07) is 0.881. The van der Waals surface area contributed by atoms with Gasteiger partial charge < -0.3 is 5.73 Å². The molecular weight excluding hydrogens is 413 g/mol. The first-order valence-electron chi connectivity index (χ1n) is 5.35. The molecule has 0 aromatic heterocycles. The first-order chi connectivity index (χ1) is 9.52. The van der Waals surface area contributed by atoms with Crippen molar-refractivity contribution in [1.29, 1.82) is 0 Å². The highest BCUT2D eigenvalue weighted by Crippen LogP contribution is 2.34. The zero-order valence-corrected chi connectivity index (χ0v) is 14.6. The van der Waals surface area contributed by atoms with Gasteiger partial charge in [-0.2, -0.15) is 0 Å². The molecule has 0 fully saturated rings. The lowest BCUT2D eigenvalue weighted by Crippen LogP contribution is -2.33. The fraction of sp³-hybridized carbons (Fsp3) is 0.333. The molecule has 0 saturated carbocycles. The quantitative estimate of drug-likeness (QED) is 0.458. The lowest BCUT2D eigenvalue weighted by molar-refractivity contribution is 0.559. The summed E-state index contributed by atoms with van der Waals surface area (Å²) in [6.45, 7) is -0.432. The fourth-order valence-electron chi connectivity index (χ4n) is 1.29. The third-order valence-electron chi connectivity index (χ3n) is 2.42. The SMILES string of the molecule is CNS(=O)(=O)CCNS(=O)(=O)c1cc(Cl)c(Br)c(N)c1F. The van der Waals surface area contributed by atoms with E-state index in [9.17, 15) is 21.2 Å². The smallest absolute Gasteiger partial charge is 0.243 e. The predicted molar refractivity (Wildman–Crippen MR) is 81.6 cm³/mol. The first kappa shape index (κ1) is 18.6. The van der Waals surface area contributed by atoms with Crippen molar-refractivity contribution in [2.24, 2.45) is 0 Å². The van der Waals surface area contributed by atoms with Crippen molar-refractivity contribution in [3.05, 3.63) is 21.4 Å². The van der Waals surface area contributed by atoms with E-state index in [1.807, 2.05) is 9.44 Å². The topological polar surface area (TPSA) is 118 Å². The Labute approximate surface area is 135 Å². The molecule has 0 aliphatic rings. The predicted octanol–water partition coefficient (Wildman–Crippen LogP) is 0.651. The van der Waals surface area contributed by atoms with E-state index >= 15 is 0 Å². The minimum atomic E-state index is -4.29. The van der Waals surface area contributed by atoms with Crippen LogP contribution in [0.2, 0.25) is 5.02 Å². The maximum atomic E-state index is 13.9. The Hall–Kier alpha value is -0.460. The summed E-state index contributed by atoms with van der Waals surface area (Å²) < 4.78 is 64.2. The van der Waals surface area contributed by atoms with Gasteiger partial charge in [-0.25, -0.2) is 30.7 Å². The molecular formula is C9H12BrClFN3O4S2. The molecule has 0 bridgehead atoms. The normalized spacial score (nSPS) is 12.6. The molecule has 21 heavy (non-hydrogen) atoms. The van der Waals surface area contributed by atoms with E-state index in [0.29, 0.717) is 0 Å². The lowest BCUT2D eigenvalue weighted by Gasteiger charge is -2.11. The summed E-state index contributed by atoms with van der Waals surface area (Å²) in [6.07, 6.45) is 0. The van der Waals surface area contributed by atoms with Gasteiger partial charge in [0.25, 0.3) is 0 Å². The van der Waals surface area contributed by atoms with Crippen LogP contribution in [0.25, 0.3) is 0 Å². The number of nitrogens with two attached hydrogens (primary N) is 1. The Bertz CT molecular complexity index is 755. The van der Waals surface area contributed by atoms with Crippen LogP contribution in [0.4, 0.5) is 10.1 Å². The highest BCUT2D eigenvalue weighted by atomic mass is 79.9. The monoisotopic (exact) mass is 423 g/mol. The van der Waals surface area contributed by atoms with Crippen LogP contribution in [0.3, 0.4) is 0 Å². The maximum absolute atomic E-state index is 13.9. The van der Waals surface area contributed by atoms with Gasteiger partial charge in [-0.3, -0.25) is 0 Å². The zero-order chi connectivity index (χ0) is 16.4. The minimum absolute atomic E-state index is 0.0402. The van der Waals surface area contributed by atoms with E-state index in [0.717, 1.165) is 6.07 Å². The average Bonchev–Trinajstić information content (AvgIpc) is 2.39. The van der Waals surface area contributed by atoms with Crippen LogP contribution in [0.1, 0.15) is 0 Å². The lowest BCUT2D eigenvalue weighted by atomic mass is 10.3. The molecule has 4 N–H and O–H groups in total. The van der Waals surface area contributed by atoms with E-state index < -0.39 is 48.7 Å². The molecule has 0 atom stereocenters. The Balaban J connectivity index is 3.05. The van der Waals surface area contributed by atoms with Crippen molar-refractivity contribution in [1.82, 2.24) is 9.44 Å². The van der Waals surface area contributed by atoms with Crippen LogP contribution in [-0.2, 0) is 20.0 Å². The van der Waals surface area contributed by atoms with Crippen molar-refractivity contribution in [2.75, 3.05) is 25.1 Å². The van der Waals surface area contributed by atoms with Gasteiger partial charge in [0.1, 0.15) is 4.90 Å². The number of rotatable bonds is 6. The molecule has 0 spiro atoms. The summed E-state index contributed by atoms with van der Waals surface area (Å²) in [5.41, 5.74) is 4.94. The highest BCUT2D eigenvalue weighted by Gasteiger charge is 2.24. The Morgan fingerprint density at radius 3 is 2.48 bits per heavy atom. The van der Waals surface area contributed by atoms with Crippen LogP contribution in [0.5, 0.6) is 0 Å². The van der Waals surface area contributed by atoms with Crippen LogP contribution >= 0.6 is 27.5 Å². The van der Waals surface area contributed by atoms with Crippen LogP contribution in [0, 0.1) is 5.82 Å². The first-order valence-corrected chi connectivity index (χ1v) is 9.66. The molecule has 120 valence electrons. The van der Waals surface area contributed by atoms with Crippen LogP contribution in [-0.4, -0.2) is 36.2 Å². The molecule has 0 aliphatic carbocycles. The zero-order valence-electron chi connectivity index (χ0n) is 10.7. The number of nitrogen functional groups attached to an aromatic ring is 1. The van der Waals surface area contributed by atoms with Gasteiger partial charge in [-0.15, -0.1) is 0 Å². The highest BCUT2D eigenvalue weighted by molar-refractivity contribution is 9.10. The van der Waals surface area contributed by atoms with Crippen molar-refractivity contribution in [3.63, 3.8) is 0 Å². The van der Waals surface area contributed by atoms with Gasteiger partial charge in [-0.05, 0) is 29.0 Å². The van der Waals surface area contributed by atoms with Gasteiger partial charge in [0.05, 0.1) is 20.9 Å². The maximum Gasteiger partial charge on any atom is 0.243 e. The van der Waals surface area contributed by atoms with Gasteiger partial charge in [0.2, 0.25) is 20.0 Å². The summed E-state index contributed by atoms with van der Waals surface area (Å²) in [4.78, 5) is -0.755. The molecule has 1 rings (SSSR count). The second kappa shape index (κ2) is 6.75. The fourth-order valence-corrected chi connectivity index (χ4v) is 3.70. The summed E-state index contributed by atoms with van der Waals surface area (Å²) in [5, 5.41) is -0.0860. The van der Waals surface area contributed by atoms with Crippen molar-refractivity contribution >= 4 is 53.3 Å². The summed E-state index contributed by atoms with van der Waals surface area (Å²) in [5.74, 6) is -1.67. The molecule has 0 aliphatic heterocycles. The van der Waals surface area contributed by atoms with Crippen LogP contribution < -0.4 is 15.2 Å². The number of sulfonamides is 2. The number of nitrogens with one attached hydrogen (secondary N) is 2. The van der Waals surface area contributed by atoms with E-state index in [-0.39, 0.29) is 9.50 Å². The number of hydrogen-bond donors (Lipinski definition) is 3. The molecule has 7 nitrogen and oxygen atoms in total. The number of anilines is 1. The third kappa shape index (κ3) is 4.50. The summed E-state index contributed by atoms with van der Waals surface area (Å²) >= 11 is 8.65. The van der Waals surface area contributed by atoms with Crippen molar-refractivity contribution in [3.8, 4) is 0 Å². The van der Waals surface area contributed by atoms with Gasteiger partial charge in [0, 0.05) is 6.54 Å². The second-order valence-corrected chi connectivity index (χ2v) is 8.80. The van der Waals surface area contributed by atoms with E-state index in [4.69, 9.17) is 17.3 Å². The molecule has 0 heterocycles. The number of halogens is 3. The molecule has 0 radical (unpaired) electrons. The molecule has 0 saturated heterocycles. The van der Waals surface area contributed by atoms with E-state index in [2.05, 4.69) is 15.9 Å². The van der Waals surface area contributed by atoms with Gasteiger partial charge in [-0.1, -0.05) is 11.6 Å². The third-order valence-corrected chi connectivity index (χ3v) is 6.62. The van der Waals surface area contributed by atoms with E-state index in [1.54, 1.807) is 0 Å². The van der Waals surface area contributed by atoms with Crippen molar-refractivity contribution in [2.45, 2.75) is 4.90 Å². The summed E-state index contributed by atoms with van der Waals surface area (Å²) in [7, 11) is -6.68. The Morgan fingerprint density at radius 1 is 1.38 bits per heavy atom. The molecule has 1 aromatic carbocycles. The molecule has 0 amide bonds. The van der Waals surface area contributed by atoms with Gasteiger partial charge >= 0.3 is 0 Å². The molecule has 1 aromatic rings. The number of benzene rings is 1. The Morgan fingerprint density at radius 2 is 1.95 bits per heavy atom. The standard InChI is InChI=1S/C9H12BrClFN3O4S2/c1-14-20(16,17)3-2-15-21(18,19)6-4-5(11)7(10)9(13)8(6)12/h4,14-15H,2-3,13H2,1H3. The van der Waals surface area contributed by atoms with E-state index in [1.165, 1.54) is 7.05 Å². The molecule has 0 unspecified atom stereocenters. The van der Waals surface area contributed by atoms with Crippen molar-refractivity contribution < 1.29 is 21.2 Å². The van der Waals surface area contributed by atoms with Crippen LogP contribution in [0.15, 0.2) is 15.4 Å².